The Labute approximate surface area is 93.8 Å². The molecule has 0 aromatic rings. The van der Waals surface area contributed by atoms with Gasteiger partial charge in [-0.1, -0.05) is 0 Å². The Morgan fingerprint density at radius 1 is 1.20 bits per heavy atom. The molecular formula is C12H25N3. The molecule has 0 aliphatic carbocycles. The van der Waals surface area contributed by atoms with Crippen molar-refractivity contribution in [1.29, 1.82) is 0 Å². The molecule has 0 aromatic heterocycles. The van der Waals surface area contributed by atoms with Crippen molar-refractivity contribution in [2.45, 2.75) is 38.3 Å². The van der Waals surface area contributed by atoms with Gasteiger partial charge in [0.25, 0.3) is 0 Å². The zero-order valence-electron chi connectivity index (χ0n) is 10.2. The maximum Gasteiger partial charge on any atom is 0.0224 e. The van der Waals surface area contributed by atoms with Gasteiger partial charge in [-0.3, -0.25) is 4.90 Å². The Hall–Kier alpha value is -0.120. The molecule has 15 heavy (non-hydrogen) atoms. The molecule has 3 nitrogen and oxygen atoms in total. The molecule has 2 aliphatic rings. The SMILES string of the molecule is CC1CN(C)CCCN1C1CCCNC1. The number of piperidine rings is 1. The van der Waals surface area contributed by atoms with Crippen LogP contribution in [0.2, 0.25) is 0 Å². The van der Waals surface area contributed by atoms with Crippen molar-refractivity contribution >= 4 is 0 Å². The van der Waals surface area contributed by atoms with Crippen LogP contribution in [-0.4, -0.2) is 61.7 Å². The highest BCUT2D eigenvalue weighted by Crippen LogP contribution is 2.17. The summed E-state index contributed by atoms with van der Waals surface area (Å²) in [4.78, 5) is 5.20. The first-order valence-electron chi connectivity index (χ1n) is 6.42. The third-order valence-corrected chi connectivity index (χ3v) is 3.84. The Bertz CT molecular complexity index is 189. The molecule has 0 spiro atoms. The number of nitrogens with one attached hydrogen (secondary N) is 1. The lowest BCUT2D eigenvalue weighted by molar-refractivity contribution is 0.121. The van der Waals surface area contributed by atoms with E-state index in [1.54, 1.807) is 0 Å². The van der Waals surface area contributed by atoms with E-state index >= 15 is 0 Å². The van der Waals surface area contributed by atoms with E-state index in [0.717, 1.165) is 12.1 Å². The first-order chi connectivity index (χ1) is 7.27. The van der Waals surface area contributed by atoms with Crippen LogP contribution in [0.4, 0.5) is 0 Å². The molecular weight excluding hydrogens is 186 g/mol. The molecule has 0 radical (unpaired) electrons. The fraction of sp³-hybridized carbons (Fsp3) is 1.00. The van der Waals surface area contributed by atoms with E-state index in [2.05, 4.69) is 29.1 Å². The lowest BCUT2D eigenvalue weighted by atomic mass is 10.0. The van der Waals surface area contributed by atoms with Crippen LogP contribution in [-0.2, 0) is 0 Å². The van der Waals surface area contributed by atoms with E-state index in [4.69, 9.17) is 0 Å². The highest BCUT2D eigenvalue weighted by molar-refractivity contribution is 4.84. The first-order valence-corrected chi connectivity index (χ1v) is 6.42. The van der Waals surface area contributed by atoms with Crippen LogP contribution >= 0.6 is 0 Å². The summed E-state index contributed by atoms with van der Waals surface area (Å²) < 4.78 is 0. The van der Waals surface area contributed by atoms with Crippen LogP contribution in [0.5, 0.6) is 0 Å². The summed E-state index contributed by atoms with van der Waals surface area (Å²) in [5.74, 6) is 0. The van der Waals surface area contributed by atoms with E-state index in [1.165, 1.54) is 52.0 Å². The summed E-state index contributed by atoms with van der Waals surface area (Å²) in [6, 6.07) is 1.52. The lowest BCUT2D eigenvalue weighted by Crippen LogP contribution is -2.51. The Kier molecular flexibility index (Phi) is 4.00. The standard InChI is InChI=1S/C12H25N3/c1-11-10-14(2)7-4-8-15(11)12-5-3-6-13-9-12/h11-13H,3-10H2,1-2H3. The second-order valence-electron chi connectivity index (χ2n) is 5.20. The van der Waals surface area contributed by atoms with Crippen molar-refractivity contribution in [3.05, 3.63) is 0 Å². The minimum atomic E-state index is 0.724. The molecule has 0 bridgehead atoms. The van der Waals surface area contributed by atoms with E-state index in [1.807, 2.05) is 0 Å². The molecule has 0 saturated carbocycles. The fourth-order valence-corrected chi connectivity index (χ4v) is 3.05. The average molecular weight is 211 g/mol. The molecule has 2 heterocycles. The van der Waals surface area contributed by atoms with E-state index < -0.39 is 0 Å². The summed E-state index contributed by atoms with van der Waals surface area (Å²) in [6.45, 7) is 8.60. The average Bonchev–Trinajstić information content (AvgIpc) is 2.40. The Morgan fingerprint density at radius 2 is 2.07 bits per heavy atom. The number of hydrogen-bond donors (Lipinski definition) is 1. The van der Waals surface area contributed by atoms with Crippen LogP contribution < -0.4 is 5.32 Å². The molecule has 0 aromatic carbocycles. The third-order valence-electron chi connectivity index (χ3n) is 3.84. The van der Waals surface area contributed by atoms with Gasteiger partial charge >= 0.3 is 0 Å². The molecule has 1 N–H and O–H groups in total. The molecule has 2 atom stereocenters. The zero-order valence-corrected chi connectivity index (χ0v) is 10.2. The smallest absolute Gasteiger partial charge is 0.0224 e. The van der Waals surface area contributed by atoms with Gasteiger partial charge in [-0.2, -0.15) is 0 Å². The zero-order chi connectivity index (χ0) is 10.7. The molecule has 2 saturated heterocycles. The minimum Gasteiger partial charge on any atom is -0.315 e. The molecule has 0 amide bonds. The monoisotopic (exact) mass is 211 g/mol. The molecule has 2 rings (SSSR count). The second-order valence-corrected chi connectivity index (χ2v) is 5.20. The number of hydrogen-bond acceptors (Lipinski definition) is 3. The van der Waals surface area contributed by atoms with Gasteiger partial charge in [0.2, 0.25) is 0 Å². The van der Waals surface area contributed by atoms with Gasteiger partial charge in [0, 0.05) is 31.7 Å². The number of likely N-dealkylation sites (N-methyl/N-ethyl adjacent to an activating group) is 1. The molecule has 3 heteroatoms. The molecule has 2 unspecified atom stereocenters. The minimum absolute atomic E-state index is 0.724. The van der Waals surface area contributed by atoms with Crippen molar-refractivity contribution < 1.29 is 0 Å². The van der Waals surface area contributed by atoms with Crippen molar-refractivity contribution in [2.24, 2.45) is 0 Å². The largest absolute Gasteiger partial charge is 0.315 e. The van der Waals surface area contributed by atoms with Crippen molar-refractivity contribution in [2.75, 3.05) is 39.8 Å². The molecule has 2 aliphatic heterocycles. The van der Waals surface area contributed by atoms with Gasteiger partial charge in [-0.05, 0) is 46.3 Å². The van der Waals surface area contributed by atoms with Gasteiger partial charge in [0.1, 0.15) is 0 Å². The molecule has 2 fully saturated rings. The quantitative estimate of drug-likeness (QED) is 0.691. The topological polar surface area (TPSA) is 18.5 Å². The summed E-state index contributed by atoms with van der Waals surface area (Å²) in [5.41, 5.74) is 0. The first kappa shape index (κ1) is 11.4. The van der Waals surface area contributed by atoms with Crippen LogP contribution in [0.3, 0.4) is 0 Å². The van der Waals surface area contributed by atoms with Gasteiger partial charge in [0.15, 0.2) is 0 Å². The van der Waals surface area contributed by atoms with Gasteiger partial charge in [-0.15, -0.1) is 0 Å². The van der Waals surface area contributed by atoms with Crippen LogP contribution in [0.15, 0.2) is 0 Å². The van der Waals surface area contributed by atoms with Crippen molar-refractivity contribution in [1.82, 2.24) is 15.1 Å². The van der Waals surface area contributed by atoms with Gasteiger partial charge in [-0.25, -0.2) is 0 Å². The summed E-state index contributed by atoms with van der Waals surface area (Å²) in [7, 11) is 2.25. The Balaban J connectivity index is 1.93. The maximum atomic E-state index is 3.53. The van der Waals surface area contributed by atoms with Gasteiger partial charge < -0.3 is 10.2 Å². The lowest BCUT2D eigenvalue weighted by Gasteiger charge is -2.38. The van der Waals surface area contributed by atoms with Gasteiger partial charge in [0.05, 0.1) is 0 Å². The summed E-state index contributed by atoms with van der Waals surface area (Å²) in [5, 5.41) is 3.53. The predicted molar refractivity (Wildman–Crippen MR) is 64.2 cm³/mol. The van der Waals surface area contributed by atoms with E-state index in [9.17, 15) is 0 Å². The van der Waals surface area contributed by atoms with Crippen LogP contribution in [0.1, 0.15) is 26.2 Å². The van der Waals surface area contributed by atoms with Crippen LogP contribution in [0, 0.1) is 0 Å². The maximum absolute atomic E-state index is 3.53. The number of rotatable bonds is 1. The highest BCUT2D eigenvalue weighted by atomic mass is 15.3. The van der Waals surface area contributed by atoms with E-state index in [0.29, 0.717) is 0 Å². The summed E-state index contributed by atoms with van der Waals surface area (Å²) >= 11 is 0. The third kappa shape index (κ3) is 2.92. The Morgan fingerprint density at radius 3 is 2.80 bits per heavy atom. The molecule has 88 valence electrons. The predicted octanol–water partition coefficient (Wildman–Crippen LogP) is 0.764. The van der Waals surface area contributed by atoms with E-state index in [-0.39, 0.29) is 0 Å². The normalized spacial score (nSPS) is 36.4. The second kappa shape index (κ2) is 5.28. The van der Waals surface area contributed by atoms with Crippen molar-refractivity contribution in [3.8, 4) is 0 Å². The number of nitrogens with zero attached hydrogens (tertiary/aromatic N) is 2. The summed E-state index contributed by atoms with van der Waals surface area (Å²) in [6.07, 6.45) is 4.07. The fourth-order valence-electron chi connectivity index (χ4n) is 3.05. The van der Waals surface area contributed by atoms with Crippen molar-refractivity contribution in [3.63, 3.8) is 0 Å². The highest BCUT2D eigenvalue weighted by Gasteiger charge is 2.27. The van der Waals surface area contributed by atoms with Crippen LogP contribution in [0.25, 0.3) is 0 Å².